The van der Waals surface area contributed by atoms with Gasteiger partial charge in [-0.2, -0.15) is 0 Å². The van der Waals surface area contributed by atoms with Crippen LogP contribution in [-0.4, -0.2) is 77.4 Å². The van der Waals surface area contributed by atoms with E-state index >= 15 is 0 Å². The number of carboxylic acid groups (broad SMARTS) is 3. The molecule has 0 bridgehead atoms. The third-order valence-corrected chi connectivity index (χ3v) is 11.9. The zero-order valence-corrected chi connectivity index (χ0v) is 30.2. The van der Waals surface area contributed by atoms with Gasteiger partial charge in [0.1, 0.15) is 0 Å². The largest absolute Gasteiger partial charge is 0.481 e. The minimum absolute atomic E-state index is 0.490. The molecule has 0 saturated carbocycles. The number of hydrogen-bond acceptors (Lipinski definition) is 7. The number of benzene rings is 3. The van der Waals surface area contributed by atoms with Gasteiger partial charge in [0, 0.05) is 19.6 Å². The molecule has 3 saturated heterocycles. The molecule has 3 aromatic rings. The molecule has 3 aromatic carbocycles. The van der Waals surface area contributed by atoms with E-state index in [0.717, 1.165) is 33.4 Å². The second-order valence-corrected chi connectivity index (χ2v) is 15.6. The highest BCUT2D eigenvalue weighted by molar-refractivity contribution is 5.76. The van der Waals surface area contributed by atoms with Crippen molar-refractivity contribution in [3.8, 4) is 0 Å². The molecule has 0 amide bonds. The predicted molar refractivity (Wildman–Crippen MR) is 200 cm³/mol. The Bertz CT molecular complexity index is 1510. The summed E-state index contributed by atoms with van der Waals surface area (Å²) in [6.07, 6.45) is 5.08. The smallest absolute Gasteiger partial charge is 0.310 e. The number of carbonyl (C=O) groups is 3. The molecule has 0 atom stereocenters. The Morgan fingerprint density at radius 3 is 0.962 bits per heavy atom. The van der Waals surface area contributed by atoms with Crippen molar-refractivity contribution < 1.29 is 29.7 Å². The minimum atomic E-state index is -0.770. The molecule has 10 heteroatoms. The Morgan fingerprint density at radius 2 is 0.712 bits per heavy atom. The summed E-state index contributed by atoms with van der Waals surface area (Å²) in [5, 5.41) is 40.6. The molecule has 0 spiro atoms. The Hall–Kier alpha value is -4.09. The van der Waals surface area contributed by atoms with Gasteiger partial charge in [-0.1, -0.05) is 72.8 Å². The van der Waals surface area contributed by atoms with E-state index in [1.54, 1.807) is 0 Å². The topological polar surface area (TPSA) is 151 Å². The molecule has 3 aliphatic heterocycles. The summed E-state index contributed by atoms with van der Waals surface area (Å²) in [6, 6.07) is 24.9. The van der Waals surface area contributed by atoms with Crippen molar-refractivity contribution in [1.29, 1.82) is 0 Å². The van der Waals surface area contributed by atoms with Crippen molar-refractivity contribution in [3.05, 3.63) is 106 Å². The molecule has 3 fully saturated rings. The molecule has 6 rings (SSSR count). The summed E-state index contributed by atoms with van der Waals surface area (Å²) in [5.74, 6) is -2.20. The van der Waals surface area contributed by atoms with Crippen molar-refractivity contribution in [3.63, 3.8) is 0 Å². The zero-order valence-electron chi connectivity index (χ0n) is 30.2. The van der Waals surface area contributed by atoms with Crippen LogP contribution in [0.4, 0.5) is 0 Å². The quantitative estimate of drug-likeness (QED) is 0.129. The Balaban J connectivity index is 1.25. The van der Waals surface area contributed by atoms with Crippen LogP contribution in [0, 0.1) is 16.2 Å². The van der Waals surface area contributed by atoms with Gasteiger partial charge in [-0.15, -0.1) is 0 Å². The first kappa shape index (κ1) is 37.7. The van der Waals surface area contributed by atoms with Gasteiger partial charge >= 0.3 is 17.9 Å². The van der Waals surface area contributed by atoms with E-state index in [1.807, 2.05) is 36.4 Å². The highest BCUT2D eigenvalue weighted by Crippen LogP contribution is 2.36. The molecule has 6 N–H and O–H groups in total. The summed E-state index contributed by atoms with van der Waals surface area (Å²) >= 11 is 0. The van der Waals surface area contributed by atoms with Crippen LogP contribution in [0.3, 0.4) is 0 Å². The fraction of sp³-hybridized carbons (Fsp3) is 0.500. The van der Waals surface area contributed by atoms with Crippen molar-refractivity contribution in [2.75, 3.05) is 39.3 Å². The second kappa shape index (κ2) is 16.7. The van der Waals surface area contributed by atoms with Crippen LogP contribution < -0.4 is 16.0 Å². The summed E-state index contributed by atoms with van der Waals surface area (Å²) in [4.78, 5) is 39.8. The van der Waals surface area contributed by atoms with Gasteiger partial charge in [-0.05, 0) is 130 Å². The maximum absolute atomic E-state index is 12.5. The molecule has 0 aliphatic carbocycles. The average molecular weight is 711 g/mol. The normalized spacial score (nSPS) is 19.6. The Kier molecular flexibility index (Phi) is 12.1. The van der Waals surface area contributed by atoms with Crippen LogP contribution in [0.5, 0.6) is 0 Å². The SMILES string of the molecule is O=C(O)C1(Cc2cccc(CN(Cc3cccc(CC4(C(=O)O)CCNCC4)c3)Cc3cccc(CC4(C(=O)O)CCNCC4)c3)c2)CCNCC1. The van der Waals surface area contributed by atoms with Crippen molar-refractivity contribution in [1.82, 2.24) is 20.9 Å². The fourth-order valence-corrected chi connectivity index (χ4v) is 8.74. The number of nitrogens with zero attached hydrogens (tertiary/aromatic N) is 1. The molecule has 0 radical (unpaired) electrons. The highest BCUT2D eigenvalue weighted by atomic mass is 16.4. The highest BCUT2D eigenvalue weighted by Gasteiger charge is 2.41. The van der Waals surface area contributed by atoms with Crippen molar-refractivity contribution in [2.24, 2.45) is 16.2 Å². The molecule has 278 valence electrons. The lowest BCUT2D eigenvalue weighted by Crippen LogP contribution is -2.43. The predicted octanol–water partition coefficient (Wildman–Crippen LogP) is 4.88. The number of nitrogens with one attached hydrogen (secondary N) is 3. The van der Waals surface area contributed by atoms with Crippen LogP contribution >= 0.6 is 0 Å². The summed E-state index contributed by atoms with van der Waals surface area (Å²) in [5.41, 5.74) is 4.04. The molecule has 52 heavy (non-hydrogen) atoms. The number of aliphatic carboxylic acids is 3. The Morgan fingerprint density at radius 1 is 0.462 bits per heavy atom. The van der Waals surface area contributed by atoms with Gasteiger partial charge in [-0.25, -0.2) is 0 Å². The first-order valence-corrected chi connectivity index (χ1v) is 18.9. The zero-order chi connectivity index (χ0) is 36.6. The molecule has 3 aliphatic rings. The Labute approximate surface area is 307 Å². The molecule has 0 aromatic heterocycles. The van der Waals surface area contributed by atoms with Crippen LogP contribution in [0.15, 0.2) is 72.8 Å². The van der Waals surface area contributed by atoms with E-state index < -0.39 is 34.2 Å². The third kappa shape index (κ3) is 9.09. The molecule has 10 nitrogen and oxygen atoms in total. The van der Waals surface area contributed by atoms with E-state index in [0.29, 0.717) is 117 Å². The average Bonchev–Trinajstić information content (AvgIpc) is 3.13. The van der Waals surface area contributed by atoms with Gasteiger partial charge in [0.25, 0.3) is 0 Å². The van der Waals surface area contributed by atoms with Crippen LogP contribution in [0.2, 0.25) is 0 Å². The summed E-state index contributed by atoms with van der Waals surface area (Å²) in [6.45, 7) is 6.08. The van der Waals surface area contributed by atoms with E-state index in [1.165, 1.54) is 0 Å². The first-order chi connectivity index (χ1) is 25.1. The summed E-state index contributed by atoms with van der Waals surface area (Å²) < 4.78 is 0. The standard InChI is InChI=1S/C42H54N4O6/c47-37(48)40(10-16-43-17-11-40)25-31-4-1-7-34(22-31)28-46(29-35-8-2-5-32(23-35)26-41(38(49)50)12-18-44-19-13-41)30-36-9-3-6-33(24-36)27-42(39(51)52)14-20-45-21-15-42/h1-9,22-24,43-45H,10-21,25-30H2,(H,47,48)(H,49,50)(H,51,52). The van der Waals surface area contributed by atoms with E-state index in [4.69, 9.17) is 0 Å². The maximum atomic E-state index is 12.5. The lowest BCUT2D eigenvalue weighted by atomic mass is 9.74. The van der Waals surface area contributed by atoms with Gasteiger partial charge in [0.15, 0.2) is 0 Å². The lowest BCUT2D eigenvalue weighted by molar-refractivity contribution is -0.151. The third-order valence-electron chi connectivity index (χ3n) is 11.9. The van der Waals surface area contributed by atoms with Gasteiger partial charge in [-0.3, -0.25) is 19.3 Å². The van der Waals surface area contributed by atoms with E-state index in [-0.39, 0.29) is 0 Å². The number of hydrogen-bond donors (Lipinski definition) is 6. The van der Waals surface area contributed by atoms with Crippen molar-refractivity contribution >= 4 is 17.9 Å². The number of carboxylic acids is 3. The second-order valence-electron chi connectivity index (χ2n) is 15.6. The van der Waals surface area contributed by atoms with Gasteiger partial charge < -0.3 is 31.3 Å². The van der Waals surface area contributed by atoms with Crippen LogP contribution in [-0.2, 0) is 53.3 Å². The fourth-order valence-electron chi connectivity index (χ4n) is 8.74. The monoisotopic (exact) mass is 710 g/mol. The van der Waals surface area contributed by atoms with E-state index in [2.05, 4.69) is 57.2 Å². The molecule has 3 heterocycles. The molecular weight excluding hydrogens is 656 g/mol. The minimum Gasteiger partial charge on any atom is -0.481 e. The van der Waals surface area contributed by atoms with Gasteiger partial charge in [0.05, 0.1) is 16.2 Å². The van der Waals surface area contributed by atoms with E-state index in [9.17, 15) is 29.7 Å². The molecule has 0 unspecified atom stereocenters. The van der Waals surface area contributed by atoms with Crippen LogP contribution in [0.25, 0.3) is 0 Å². The molecular formula is C42H54N4O6. The van der Waals surface area contributed by atoms with Crippen molar-refractivity contribution in [2.45, 2.75) is 77.4 Å². The van der Waals surface area contributed by atoms with Gasteiger partial charge in [0.2, 0.25) is 0 Å². The lowest BCUT2D eigenvalue weighted by Gasteiger charge is -2.34. The summed E-state index contributed by atoms with van der Waals surface area (Å²) in [7, 11) is 0. The first-order valence-electron chi connectivity index (χ1n) is 18.9. The maximum Gasteiger partial charge on any atom is 0.310 e. The van der Waals surface area contributed by atoms with Crippen LogP contribution in [0.1, 0.15) is 71.9 Å². The number of piperidine rings is 3. The number of rotatable bonds is 15.